The summed E-state index contributed by atoms with van der Waals surface area (Å²) in [7, 11) is 0. The van der Waals surface area contributed by atoms with E-state index in [0.29, 0.717) is 0 Å². The zero-order chi connectivity index (χ0) is 14.0. The highest BCUT2D eigenvalue weighted by atomic mass is 19.4. The van der Waals surface area contributed by atoms with Crippen LogP contribution in [0.2, 0.25) is 0 Å². The molecule has 0 radical (unpaired) electrons. The minimum atomic E-state index is -5.94. The van der Waals surface area contributed by atoms with Crippen LogP contribution in [0.5, 0.6) is 0 Å². The van der Waals surface area contributed by atoms with Crippen molar-refractivity contribution in [3.8, 4) is 0 Å². The van der Waals surface area contributed by atoms with Gasteiger partial charge in [-0.2, -0.15) is 22.0 Å². The summed E-state index contributed by atoms with van der Waals surface area (Å²) >= 11 is 0. The Kier molecular flexibility index (Phi) is 4.12. The molecule has 1 aliphatic carbocycles. The number of rotatable bonds is 5. The predicted molar refractivity (Wildman–Crippen MR) is 49.8 cm³/mol. The summed E-state index contributed by atoms with van der Waals surface area (Å²) < 4.78 is 60.1. The second-order valence-electron chi connectivity index (χ2n) is 3.92. The number of alkyl halides is 5. The van der Waals surface area contributed by atoms with E-state index in [9.17, 15) is 31.5 Å². The zero-order valence-electron chi connectivity index (χ0n) is 9.11. The van der Waals surface area contributed by atoms with E-state index in [1.807, 2.05) is 0 Å². The van der Waals surface area contributed by atoms with E-state index in [1.54, 1.807) is 0 Å². The smallest absolute Gasteiger partial charge is 0.353 e. The van der Waals surface area contributed by atoms with E-state index in [4.69, 9.17) is 0 Å². The van der Waals surface area contributed by atoms with E-state index < -0.39 is 30.5 Å². The van der Waals surface area contributed by atoms with Gasteiger partial charge in [-0.15, -0.1) is 0 Å². The van der Waals surface area contributed by atoms with Crippen LogP contribution in [0.15, 0.2) is 0 Å². The molecule has 2 N–H and O–H groups in total. The van der Waals surface area contributed by atoms with Gasteiger partial charge in [0, 0.05) is 19.0 Å². The molecular formula is C9H11F5N2O2. The first-order chi connectivity index (χ1) is 8.14. The molecule has 1 rings (SSSR count). The number of amides is 2. The summed E-state index contributed by atoms with van der Waals surface area (Å²) in [5, 5.41) is 3.88. The molecule has 9 heteroatoms. The molecule has 1 saturated carbocycles. The number of carbonyl (C=O) groups excluding carboxylic acids is 2. The molecule has 0 spiro atoms. The molecule has 1 fully saturated rings. The Morgan fingerprint density at radius 1 is 1.11 bits per heavy atom. The monoisotopic (exact) mass is 274 g/mol. The Morgan fingerprint density at radius 3 is 2.11 bits per heavy atom. The van der Waals surface area contributed by atoms with Crippen molar-refractivity contribution < 1.29 is 31.5 Å². The Bertz CT molecular complexity index is 338. The molecule has 18 heavy (non-hydrogen) atoms. The van der Waals surface area contributed by atoms with Crippen LogP contribution >= 0.6 is 0 Å². The standard InChI is InChI=1S/C9H11F5N2O2/c10-8(11,9(12,13)14)7(18)15-4-3-6(17)16-5-1-2-5/h5H,1-4H2,(H,15,18)(H,16,17). The summed E-state index contributed by atoms with van der Waals surface area (Å²) in [6.07, 6.45) is -4.63. The molecule has 4 nitrogen and oxygen atoms in total. The highest BCUT2D eigenvalue weighted by Crippen LogP contribution is 2.35. The van der Waals surface area contributed by atoms with Gasteiger partial charge in [0.25, 0.3) is 5.91 Å². The highest BCUT2D eigenvalue weighted by Gasteiger charge is 2.63. The van der Waals surface area contributed by atoms with Gasteiger partial charge in [-0.1, -0.05) is 0 Å². The van der Waals surface area contributed by atoms with Gasteiger partial charge >= 0.3 is 12.1 Å². The Hall–Kier alpha value is -1.41. The van der Waals surface area contributed by atoms with E-state index in [-0.39, 0.29) is 12.5 Å². The van der Waals surface area contributed by atoms with E-state index in [2.05, 4.69) is 5.32 Å². The van der Waals surface area contributed by atoms with Crippen LogP contribution in [-0.4, -0.2) is 36.5 Å². The van der Waals surface area contributed by atoms with Crippen LogP contribution in [-0.2, 0) is 9.59 Å². The van der Waals surface area contributed by atoms with E-state index >= 15 is 0 Å². The molecule has 0 atom stereocenters. The van der Waals surface area contributed by atoms with E-state index in [1.165, 1.54) is 5.32 Å². The highest BCUT2D eigenvalue weighted by molar-refractivity contribution is 5.85. The molecule has 104 valence electrons. The maximum absolute atomic E-state index is 12.4. The second-order valence-corrected chi connectivity index (χ2v) is 3.92. The third-order valence-corrected chi connectivity index (χ3v) is 2.22. The van der Waals surface area contributed by atoms with Crippen LogP contribution in [0.4, 0.5) is 22.0 Å². The molecule has 0 unspecified atom stereocenters. The van der Waals surface area contributed by atoms with Crippen molar-refractivity contribution >= 4 is 11.8 Å². The third-order valence-electron chi connectivity index (χ3n) is 2.22. The maximum Gasteiger partial charge on any atom is 0.463 e. The van der Waals surface area contributed by atoms with Crippen LogP contribution in [0.3, 0.4) is 0 Å². The minimum absolute atomic E-state index is 0.0600. The second kappa shape index (κ2) is 5.07. The van der Waals surface area contributed by atoms with Crippen molar-refractivity contribution in [3.05, 3.63) is 0 Å². The van der Waals surface area contributed by atoms with Gasteiger partial charge in [-0.25, -0.2) is 0 Å². The number of hydrogen-bond donors (Lipinski definition) is 2. The summed E-state index contributed by atoms with van der Waals surface area (Å²) in [4.78, 5) is 21.7. The summed E-state index contributed by atoms with van der Waals surface area (Å²) in [5.41, 5.74) is 0. The van der Waals surface area contributed by atoms with Gasteiger partial charge in [0.15, 0.2) is 0 Å². The topological polar surface area (TPSA) is 58.2 Å². The lowest BCUT2D eigenvalue weighted by atomic mass is 10.3. The number of halogens is 5. The van der Waals surface area contributed by atoms with Crippen LogP contribution in [0.1, 0.15) is 19.3 Å². The third kappa shape index (κ3) is 3.81. The fourth-order valence-electron chi connectivity index (χ4n) is 1.06. The lowest BCUT2D eigenvalue weighted by molar-refractivity contribution is -0.269. The van der Waals surface area contributed by atoms with E-state index in [0.717, 1.165) is 12.8 Å². The average Bonchev–Trinajstić information content (AvgIpc) is 2.99. The number of carbonyl (C=O) groups is 2. The lowest BCUT2D eigenvalue weighted by Gasteiger charge is -2.18. The fraction of sp³-hybridized carbons (Fsp3) is 0.778. The lowest BCUT2D eigenvalue weighted by Crippen LogP contribution is -2.50. The van der Waals surface area contributed by atoms with Crippen molar-refractivity contribution in [1.29, 1.82) is 0 Å². The molecule has 0 aromatic heterocycles. The molecule has 0 aromatic carbocycles. The maximum atomic E-state index is 12.4. The van der Waals surface area contributed by atoms with Crippen LogP contribution in [0, 0.1) is 0 Å². The quantitative estimate of drug-likeness (QED) is 0.734. The Balaban J connectivity index is 2.29. The average molecular weight is 274 g/mol. The van der Waals surface area contributed by atoms with Crippen LogP contribution < -0.4 is 10.6 Å². The van der Waals surface area contributed by atoms with Crippen molar-refractivity contribution in [1.82, 2.24) is 10.6 Å². The molecule has 1 aliphatic rings. The molecule has 0 aliphatic heterocycles. The zero-order valence-corrected chi connectivity index (χ0v) is 9.11. The first kappa shape index (κ1) is 14.7. The van der Waals surface area contributed by atoms with Crippen molar-refractivity contribution in [3.63, 3.8) is 0 Å². The van der Waals surface area contributed by atoms with Gasteiger partial charge in [0.1, 0.15) is 0 Å². The van der Waals surface area contributed by atoms with Crippen LogP contribution in [0.25, 0.3) is 0 Å². The molecule has 0 saturated heterocycles. The SMILES string of the molecule is O=C(CCNC(=O)C(F)(F)C(F)(F)F)NC1CC1. The minimum Gasteiger partial charge on any atom is -0.353 e. The molecule has 0 heterocycles. The van der Waals surface area contributed by atoms with Gasteiger partial charge in [0.05, 0.1) is 0 Å². The van der Waals surface area contributed by atoms with Gasteiger partial charge in [-0.3, -0.25) is 9.59 Å². The van der Waals surface area contributed by atoms with Crippen molar-refractivity contribution in [2.45, 2.75) is 37.4 Å². The van der Waals surface area contributed by atoms with Gasteiger partial charge in [-0.05, 0) is 12.8 Å². The first-order valence-electron chi connectivity index (χ1n) is 5.17. The summed E-state index contributed by atoms with van der Waals surface area (Å²) in [6.45, 7) is -0.566. The molecular weight excluding hydrogens is 263 g/mol. The summed E-state index contributed by atoms with van der Waals surface area (Å²) in [5.74, 6) is -8.39. The molecule has 0 bridgehead atoms. The van der Waals surface area contributed by atoms with Gasteiger partial charge < -0.3 is 10.6 Å². The number of hydrogen-bond acceptors (Lipinski definition) is 2. The predicted octanol–water partition coefficient (Wildman–Crippen LogP) is 0.969. The fourth-order valence-corrected chi connectivity index (χ4v) is 1.06. The number of nitrogens with one attached hydrogen (secondary N) is 2. The normalized spacial score (nSPS) is 16.3. The largest absolute Gasteiger partial charge is 0.463 e. The molecule has 2 amide bonds. The van der Waals surface area contributed by atoms with Crippen molar-refractivity contribution in [2.75, 3.05) is 6.54 Å². The summed E-state index contributed by atoms with van der Waals surface area (Å²) in [6, 6.07) is 0.0600. The first-order valence-corrected chi connectivity index (χ1v) is 5.17. The Labute approximate surface area is 98.9 Å². The molecule has 0 aromatic rings. The Morgan fingerprint density at radius 2 is 1.67 bits per heavy atom. The van der Waals surface area contributed by atoms with Crippen molar-refractivity contribution in [2.24, 2.45) is 0 Å². The van der Waals surface area contributed by atoms with Gasteiger partial charge in [0.2, 0.25) is 5.91 Å².